The summed E-state index contributed by atoms with van der Waals surface area (Å²) in [7, 11) is 0. The fraction of sp³-hybridized carbons (Fsp3) is 0.455. The second kappa shape index (κ2) is 10.0. The van der Waals surface area contributed by atoms with Gasteiger partial charge >= 0.3 is 0 Å². The highest BCUT2D eigenvalue weighted by Crippen LogP contribution is 2.21. The Morgan fingerprint density at radius 1 is 1.27 bits per heavy atom. The van der Waals surface area contributed by atoms with Crippen molar-refractivity contribution in [3.05, 3.63) is 36.4 Å². The van der Waals surface area contributed by atoms with Gasteiger partial charge in [0.2, 0.25) is 17.7 Å². The van der Waals surface area contributed by atoms with E-state index in [4.69, 9.17) is 0 Å². The van der Waals surface area contributed by atoms with Crippen molar-refractivity contribution in [2.24, 2.45) is 5.92 Å². The Hall–Kier alpha value is -3.16. The number of aromatic nitrogens is 2. The fourth-order valence-electron chi connectivity index (χ4n) is 3.75. The predicted octanol–water partition coefficient (Wildman–Crippen LogP) is 2.56. The number of rotatable bonds is 7. The van der Waals surface area contributed by atoms with Gasteiger partial charge in [-0.1, -0.05) is 37.3 Å². The van der Waals surface area contributed by atoms with Gasteiger partial charge in [0.1, 0.15) is 6.04 Å². The molecule has 3 N–H and O–H groups in total. The third-order valence-electron chi connectivity index (χ3n) is 5.41. The number of nitrogens with zero attached hydrogens (tertiary/aromatic N) is 2. The van der Waals surface area contributed by atoms with Gasteiger partial charge < -0.3 is 15.5 Å². The number of amides is 3. The van der Waals surface area contributed by atoms with Crippen LogP contribution in [0.3, 0.4) is 0 Å². The summed E-state index contributed by atoms with van der Waals surface area (Å²) >= 11 is 0. The van der Waals surface area contributed by atoms with Gasteiger partial charge in [-0.3, -0.25) is 19.5 Å². The van der Waals surface area contributed by atoms with Crippen molar-refractivity contribution < 1.29 is 14.4 Å². The molecule has 2 unspecified atom stereocenters. The number of piperidine rings is 1. The van der Waals surface area contributed by atoms with E-state index < -0.39 is 6.04 Å². The Bertz CT molecular complexity index is 880. The molecule has 1 saturated heterocycles. The minimum Gasteiger partial charge on any atom is -0.344 e. The quantitative estimate of drug-likeness (QED) is 0.651. The molecular formula is C22H29N5O3. The maximum absolute atomic E-state index is 12.6. The number of likely N-dealkylation sites (tertiary alicyclic amines) is 1. The summed E-state index contributed by atoms with van der Waals surface area (Å²) < 4.78 is 0. The zero-order chi connectivity index (χ0) is 21.5. The van der Waals surface area contributed by atoms with Crippen molar-refractivity contribution in [1.29, 1.82) is 0 Å². The molecule has 3 amide bonds. The number of hydrogen-bond acceptors (Lipinski definition) is 4. The molecule has 1 aliphatic rings. The number of H-pyrrole nitrogens is 1. The largest absolute Gasteiger partial charge is 0.344 e. The lowest BCUT2D eigenvalue weighted by molar-refractivity contribution is -0.132. The zero-order valence-electron chi connectivity index (χ0n) is 17.5. The van der Waals surface area contributed by atoms with E-state index in [9.17, 15) is 14.4 Å². The summed E-state index contributed by atoms with van der Waals surface area (Å²) in [5.41, 5.74) is 1.77. The van der Waals surface area contributed by atoms with Crippen LogP contribution in [0.2, 0.25) is 0 Å². The molecule has 1 aliphatic heterocycles. The lowest BCUT2D eigenvalue weighted by Gasteiger charge is -2.32. The molecule has 8 heteroatoms. The van der Waals surface area contributed by atoms with Crippen LogP contribution in [0.1, 0.15) is 39.5 Å². The minimum absolute atomic E-state index is 0.0415. The maximum Gasteiger partial charge on any atom is 0.248 e. The lowest BCUT2D eigenvalue weighted by atomic mass is 9.94. The zero-order valence-corrected chi connectivity index (χ0v) is 17.5. The smallest absolute Gasteiger partial charge is 0.248 e. The van der Waals surface area contributed by atoms with E-state index in [1.54, 1.807) is 17.9 Å². The molecule has 0 saturated carbocycles. The molecule has 30 heavy (non-hydrogen) atoms. The number of carbonyl (C=O) groups excluding carboxylic acids is 3. The number of aromatic amines is 1. The molecule has 2 atom stereocenters. The molecule has 1 aromatic heterocycles. The standard InChI is InChI=1S/C22H29N5O3/c1-3-18(23-21(29)12-16-8-7-11-27(14-16)15(2)28)22(30)24-20-13-19(25-26-20)17-9-5-4-6-10-17/h4-6,9-10,13,16,18H,3,7-8,11-12,14H2,1-2H3,(H,23,29)(H2,24,25,26,30). The Morgan fingerprint density at radius 2 is 2.03 bits per heavy atom. The Kier molecular flexibility index (Phi) is 7.21. The summed E-state index contributed by atoms with van der Waals surface area (Å²) in [4.78, 5) is 38.5. The summed E-state index contributed by atoms with van der Waals surface area (Å²) in [6, 6.07) is 10.8. The molecular weight excluding hydrogens is 382 g/mol. The third-order valence-corrected chi connectivity index (χ3v) is 5.41. The van der Waals surface area contributed by atoms with Crippen molar-refractivity contribution >= 4 is 23.5 Å². The van der Waals surface area contributed by atoms with Gasteiger partial charge in [-0.15, -0.1) is 0 Å². The van der Waals surface area contributed by atoms with Gasteiger partial charge in [-0.2, -0.15) is 5.10 Å². The van der Waals surface area contributed by atoms with Crippen LogP contribution in [0.25, 0.3) is 11.3 Å². The second-order valence-corrected chi connectivity index (χ2v) is 7.73. The van der Waals surface area contributed by atoms with E-state index in [1.807, 2.05) is 37.3 Å². The minimum atomic E-state index is -0.637. The molecule has 0 aliphatic carbocycles. The highest BCUT2D eigenvalue weighted by Gasteiger charge is 2.26. The van der Waals surface area contributed by atoms with Gasteiger partial charge in [0.05, 0.1) is 5.69 Å². The van der Waals surface area contributed by atoms with Gasteiger partial charge in [0, 0.05) is 32.5 Å². The number of nitrogens with one attached hydrogen (secondary N) is 3. The molecule has 1 aromatic carbocycles. The highest BCUT2D eigenvalue weighted by atomic mass is 16.2. The first-order valence-electron chi connectivity index (χ1n) is 10.4. The first kappa shape index (κ1) is 21.5. The number of carbonyl (C=O) groups is 3. The van der Waals surface area contributed by atoms with Gasteiger partial charge in [0.25, 0.3) is 0 Å². The molecule has 160 valence electrons. The topological polar surface area (TPSA) is 107 Å². The van der Waals surface area contributed by atoms with Crippen LogP contribution in [0, 0.1) is 5.92 Å². The predicted molar refractivity (Wildman–Crippen MR) is 114 cm³/mol. The van der Waals surface area contributed by atoms with E-state index in [0.29, 0.717) is 25.2 Å². The Balaban J connectivity index is 1.53. The molecule has 3 rings (SSSR count). The van der Waals surface area contributed by atoms with E-state index in [1.165, 1.54) is 0 Å². The second-order valence-electron chi connectivity index (χ2n) is 7.73. The van der Waals surface area contributed by atoms with Crippen LogP contribution in [-0.2, 0) is 14.4 Å². The molecule has 0 radical (unpaired) electrons. The monoisotopic (exact) mass is 411 g/mol. The third kappa shape index (κ3) is 5.68. The maximum atomic E-state index is 12.6. The first-order chi connectivity index (χ1) is 14.5. The lowest BCUT2D eigenvalue weighted by Crippen LogP contribution is -2.45. The van der Waals surface area contributed by atoms with E-state index in [0.717, 1.165) is 30.6 Å². The van der Waals surface area contributed by atoms with Crippen LogP contribution in [0.5, 0.6) is 0 Å². The molecule has 8 nitrogen and oxygen atoms in total. The Morgan fingerprint density at radius 3 is 2.73 bits per heavy atom. The van der Waals surface area contributed by atoms with Crippen LogP contribution >= 0.6 is 0 Å². The summed E-state index contributed by atoms with van der Waals surface area (Å²) in [6.07, 6.45) is 2.60. The average molecular weight is 412 g/mol. The van der Waals surface area contributed by atoms with Crippen LogP contribution in [-0.4, -0.2) is 52.0 Å². The van der Waals surface area contributed by atoms with Gasteiger partial charge in [-0.05, 0) is 30.7 Å². The molecule has 2 heterocycles. The average Bonchev–Trinajstić information content (AvgIpc) is 3.21. The van der Waals surface area contributed by atoms with Crippen LogP contribution in [0.4, 0.5) is 5.82 Å². The van der Waals surface area contributed by atoms with Crippen molar-refractivity contribution in [3.63, 3.8) is 0 Å². The summed E-state index contributed by atoms with van der Waals surface area (Å²) in [5.74, 6) is 0.115. The SMILES string of the molecule is CCC(NC(=O)CC1CCCN(C(C)=O)C1)C(=O)Nc1cc(-c2ccccc2)[nH]n1. The van der Waals surface area contributed by atoms with E-state index in [2.05, 4.69) is 20.8 Å². The normalized spacial score (nSPS) is 17.3. The highest BCUT2D eigenvalue weighted by molar-refractivity contribution is 5.96. The van der Waals surface area contributed by atoms with Crippen LogP contribution in [0.15, 0.2) is 36.4 Å². The first-order valence-corrected chi connectivity index (χ1v) is 10.4. The fourth-order valence-corrected chi connectivity index (χ4v) is 3.75. The van der Waals surface area contributed by atoms with Crippen molar-refractivity contribution in [2.75, 3.05) is 18.4 Å². The number of hydrogen-bond donors (Lipinski definition) is 3. The molecule has 2 aromatic rings. The number of anilines is 1. The van der Waals surface area contributed by atoms with Crippen molar-refractivity contribution in [2.45, 2.75) is 45.6 Å². The van der Waals surface area contributed by atoms with Crippen molar-refractivity contribution in [3.8, 4) is 11.3 Å². The van der Waals surface area contributed by atoms with E-state index >= 15 is 0 Å². The Labute approximate surface area is 176 Å². The summed E-state index contributed by atoms with van der Waals surface area (Å²) in [5, 5.41) is 12.6. The van der Waals surface area contributed by atoms with Crippen LogP contribution < -0.4 is 10.6 Å². The van der Waals surface area contributed by atoms with Crippen molar-refractivity contribution in [1.82, 2.24) is 20.4 Å². The van der Waals surface area contributed by atoms with Gasteiger partial charge in [0.15, 0.2) is 5.82 Å². The molecule has 1 fully saturated rings. The summed E-state index contributed by atoms with van der Waals surface area (Å²) in [6.45, 7) is 4.75. The number of benzene rings is 1. The van der Waals surface area contributed by atoms with E-state index in [-0.39, 0.29) is 23.6 Å². The van der Waals surface area contributed by atoms with Gasteiger partial charge in [-0.25, -0.2) is 0 Å². The molecule has 0 bridgehead atoms. The molecule has 0 spiro atoms.